The molecule has 0 N–H and O–H groups in total. The molecule has 0 amide bonds. The third kappa shape index (κ3) is 1.02. The van der Waals surface area contributed by atoms with Gasteiger partial charge in [0.15, 0.2) is 0 Å². The maximum Gasteiger partial charge on any atom is 0.346 e. The van der Waals surface area contributed by atoms with Crippen molar-refractivity contribution in [2.45, 2.75) is 6.42 Å². The number of methoxy groups -OCH3 is 1. The SMILES string of the molecule is COc1oc(=O)c2ccc3c4c(ccc1c24)=CC3. The lowest BCUT2D eigenvalue weighted by Crippen LogP contribution is -2.06. The summed E-state index contributed by atoms with van der Waals surface area (Å²) in [6.45, 7) is 0. The van der Waals surface area contributed by atoms with Gasteiger partial charge in [-0.3, -0.25) is 0 Å². The first-order chi connectivity index (χ1) is 8.79. The number of benzene rings is 2. The lowest BCUT2D eigenvalue weighted by molar-refractivity contribution is 0.295. The first-order valence-corrected chi connectivity index (χ1v) is 5.85. The van der Waals surface area contributed by atoms with Crippen molar-refractivity contribution in [3.05, 3.63) is 45.5 Å². The standard InChI is InChI=1S/C15H10O3/c1-17-15-11-7-5-9-3-2-8-4-6-10(14(16)18-15)13(11)12(8)9/h3-7H,2H2,1H3. The van der Waals surface area contributed by atoms with Crippen LogP contribution >= 0.6 is 0 Å². The molecule has 3 nitrogen and oxygen atoms in total. The first kappa shape index (κ1) is 9.71. The molecule has 18 heavy (non-hydrogen) atoms. The predicted octanol–water partition coefficient (Wildman–Crippen LogP) is 2.01. The lowest BCUT2D eigenvalue weighted by atomic mass is 10.00. The zero-order valence-corrected chi connectivity index (χ0v) is 9.82. The Kier molecular flexibility index (Phi) is 1.69. The molecular formula is C15H10O3. The zero-order chi connectivity index (χ0) is 12.3. The Balaban J connectivity index is 2.44. The number of hydrogen-bond acceptors (Lipinski definition) is 3. The molecule has 0 atom stereocenters. The Hall–Kier alpha value is -2.29. The second kappa shape index (κ2) is 3.13. The van der Waals surface area contributed by atoms with Crippen LogP contribution in [0.1, 0.15) is 5.56 Å². The van der Waals surface area contributed by atoms with Crippen LogP contribution in [0.4, 0.5) is 0 Å². The first-order valence-electron chi connectivity index (χ1n) is 5.85. The Labute approximate surface area is 102 Å². The van der Waals surface area contributed by atoms with Crippen molar-refractivity contribution in [2.75, 3.05) is 7.11 Å². The Morgan fingerprint density at radius 2 is 1.94 bits per heavy atom. The zero-order valence-electron chi connectivity index (χ0n) is 9.82. The molecule has 0 radical (unpaired) electrons. The highest BCUT2D eigenvalue weighted by Crippen LogP contribution is 2.32. The molecule has 0 spiro atoms. The van der Waals surface area contributed by atoms with Gasteiger partial charge < -0.3 is 9.15 Å². The Morgan fingerprint density at radius 1 is 1.11 bits per heavy atom. The van der Waals surface area contributed by atoms with E-state index in [1.165, 1.54) is 17.9 Å². The minimum atomic E-state index is -0.338. The normalized spacial score (nSPS) is 13.2. The van der Waals surface area contributed by atoms with E-state index in [4.69, 9.17) is 9.15 Å². The molecule has 88 valence electrons. The van der Waals surface area contributed by atoms with Gasteiger partial charge in [0.1, 0.15) is 0 Å². The molecule has 0 saturated heterocycles. The van der Waals surface area contributed by atoms with Gasteiger partial charge in [0.2, 0.25) is 0 Å². The van der Waals surface area contributed by atoms with Crippen LogP contribution < -0.4 is 15.6 Å². The topological polar surface area (TPSA) is 39.4 Å². The summed E-state index contributed by atoms with van der Waals surface area (Å²) in [6, 6.07) is 7.86. The van der Waals surface area contributed by atoms with Gasteiger partial charge in [0.05, 0.1) is 17.9 Å². The second-order valence-corrected chi connectivity index (χ2v) is 4.51. The average Bonchev–Trinajstić information content (AvgIpc) is 2.82. The maximum atomic E-state index is 12.0. The third-order valence-electron chi connectivity index (χ3n) is 3.63. The van der Waals surface area contributed by atoms with E-state index in [-0.39, 0.29) is 5.63 Å². The molecule has 1 aliphatic carbocycles. The average molecular weight is 238 g/mol. The van der Waals surface area contributed by atoms with Crippen molar-refractivity contribution in [3.8, 4) is 5.95 Å². The molecule has 1 heterocycles. The van der Waals surface area contributed by atoms with Gasteiger partial charge in [-0.25, -0.2) is 4.79 Å². The highest BCUT2D eigenvalue weighted by molar-refractivity contribution is 6.13. The van der Waals surface area contributed by atoms with Gasteiger partial charge in [0.25, 0.3) is 5.95 Å². The third-order valence-corrected chi connectivity index (χ3v) is 3.63. The van der Waals surface area contributed by atoms with Crippen molar-refractivity contribution in [3.63, 3.8) is 0 Å². The molecule has 3 aromatic rings. The van der Waals surface area contributed by atoms with Crippen LogP contribution in [0.15, 0.2) is 33.5 Å². The highest BCUT2D eigenvalue weighted by atomic mass is 16.6. The fourth-order valence-electron chi connectivity index (χ4n) is 2.84. The number of hydrogen-bond donors (Lipinski definition) is 0. The maximum absolute atomic E-state index is 12.0. The Bertz CT molecular complexity index is 903. The van der Waals surface area contributed by atoms with Crippen LogP contribution in [0, 0.1) is 0 Å². The van der Waals surface area contributed by atoms with E-state index >= 15 is 0 Å². The van der Waals surface area contributed by atoms with Gasteiger partial charge in [-0.1, -0.05) is 18.2 Å². The summed E-state index contributed by atoms with van der Waals surface area (Å²) in [7, 11) is 1.52. The molecule has 0 unspecified atom stereocenters. The molecule has 1 aromatic heterocycles. The molecule has 1 aliphatic rings. The quantitative estimate of drug-likeness (QED) is 0.651. The minimum Gasteiger partial charge on any atom is -0.468 e. The van der Waals surface area contributed by atoms with E-state index in [2.05, 4.69) is 12.1 Å². The van der Waals surface area contributed by atoms with Crippen molar-refractivity contribution in [1.82, 2.24) is 0 Å². The van der Waals surface area contributed by atoms with Gasteiger partial charge in [0, 0.05) is 5.39 Å². The highest BCUT2D eigenvalue weighted by Gasteiger charge is 2.17. The molecule has 0 bridgehead atoms. The van der Waals surface area contributed by atoms with E-state index < -0.39 is 0 Å². The largest absolute Gasteiger partial charge is 0.468 e. The molecule has 0 fully saturated rings. The summed E-state index contributed by atoms with van der Waals surface area (Å²) >= 11 is 0. The summed E-state index contributed by atoms with van der Waals surface area (Å²) in [5, 5.41) is 4.81. The van der Waals surface area contributed by atoms with Crippen LogP contribution in [0.25, 0.3) is 27.6 Å². The summed E-state index contributed by atoms with van der Waals surface area (Å²) in [5.41, 5.74) is 0.922. The smallest absolute Gasteiger partial charge is 0.346 e. The lowest BCUT2D eigenvalue weighted by Gasteiger charge is -2.08. The fourth-order valence-corrected chi connectivity index (χ4v) is 2.84. The Morgan fingerprint density at radius 3 is 2.78 bits per heavy atom. The minimum absolute atomic E-state index is 0.295. The molecule has 4 rings (SSSR count). The summed E-state index contributed by atoms with van der Waals surface area (Å²) in [5.74, 6) is 0.295. The van der Waals surface area contributed by atoms with Crippen molar-refractivity contribution >= 4 is 27.6 Å². The van der Waals surface area contributed by atoms with Crippen LogP contribution in [0.2, 0.25) is 0 Å². The van der Waals surface area contributed by atoms with Gasteiger partial charge in [-0.15, -0.1) is 0 Å². The molecule has 0 aliphatic heterocycles. The van der Waals surface area contributed by atoms with Crippen molar-refractivity contribution in [1.29, 1.82) is 0 Å². The van der Waals surface area contributed by atoms with E-state index in [1.807, 2.05) is 18.2 Å². The monoisotopic (exact) mass is 238 g/mol. The summed E-state index contributed by atoms with van der Waals surface area (Å²) < 4.78 is 10.4. The van der Waals surface area contributed by atoms with Crippen LogP contribution in [-0.4, -0.2) is 7.11 Å². The van der Waals surface area contributed by atoms with E-state index in [0.717, 1.165) is 22.6 Å². The number of rotatable bonds is 1. The van der Waals surface area contributed by atoms with Gasteiger partial charge in [-0.05, 0) is 34.7 Å². The summed E-state index contributed by atoms with van der Waals surface area (Å²) in [6.07, 6.45) is 3.11. The second-order valence-electron chi connectivity index (χ2n) is 4.51. The number of ether oxygens (including phenoxy) is 1. The van der Waals surface area contributed by atoms with Crippen LogP contribution in [0.5, 0.6) is 5.95 Å². The predicted molar refractivity (Wildman–Crippen MR) is 69.9 cm³/mol. The molecule has 3 heteroatoms. The summed E-state index contributed by atoms with van der Waals surface area (Å²) in [4.78, 5) is 12.0. The van der Waals surface area contributed by atoms with Crippen LogP contribution in [-0.2, 0) is 6.42 Å². The van der Waals surface area contributed by atoms with Crippen molar-refractivity contribution in [2.24, 2.45) is 0 Å². The molecule has 2 aromatic carbocycles. The fraction of sp³-hybridized carbons (Fsp3) is 0.133. The van der Waals surface area contributed by atoms with Gasteiger partial charge >= 0.3 is 5.63 Å². The van der Waals surface area contributed by atoms with Gasteiger partial charge in [-0.2, -0.15) is 0 Å². The van der Waals surface area contributed by atoms with Crippen molar-refractivity contribution < 1.29 is 9.15 Å². The van der Waals surface area contributed by atoms with Crippen LogP contribution in [0.3, 0.4) is 0 Å². The molecular weight excluding hydrogens is 228 g/mol. The molecule has 0 saturated carbocycles. The van der Waals surface area contributed by atoms with E-state index in [9.17, 15) is 4.79 Å². The van der Waals surface area contributed by atoms with E-state index in [1.54, 1.807) is 0 Å². The van der Waals surface area contributed by atoms with E-state index in [0.29, 0.717) is 11.3 Å².